The van der Waals surface area contributed by atoms with Gasteiger partial charge in [0.2, 0.25) is 0 Å². The molecule has 0 aromatic heterocycles. The summed E-state index contributed by atoms with van der Waals surface area (Å²) in [4.78, 5) is 10.8. The molecule has 22 heavy (non-hydrogen) atoms. The highest BCUT2D eigenvalue weighted by atomic mass is 16.6. The van der Waals surface area contributed by atoms with E-state index in [1.54, 1.807) is 0 Å². The van der Waals surface area contributed by atoms with Crippen LogP contribution in [0.4, 0.5) is 0 Å². The van der Waals surface area contributed by atoms with Crippen LogP contribution >= 0.6 is 0 Å². The normalized spacial score (nSPS) is 12.1. The maximum atomic E-state index is 10.8. The van der Waals surface area contributed by atoms with Crippen LogP contribution < -0.4 is 0 Å². The molecule has 4 heteroatoms. The van der Waals surface area contributed by atoms with Gasteiger partial charge in [-0.3, -0.25) is 0 Å². The predicted octanol–water partition coefficient (Wildman–Crippen LogP) is 4.36. The van der Waals surface area contributed by atoms with Gasteiger partial charge in [0.05, 0.1) is 6.61 Å². The zero-order chi connectivity index (χ0) is 16.5. The molecule has 0 aromatic carbocycles. The summed E-state index contributed by atoms with van der Waals surface area (Å²) in [5.74, 6) is -0.470. The van der Waals surface area contributed by atoms with Gasteiger partial charge in [0.25, 0.3) is 0 Å². The first kappa shape index (κ1) is 21.1. The molecule has 130 valence electrons. The number of aliphatic hydroxyl groups is 1. The Bertz CT molecular complexity index is 266. The summed E-state index contributed by atoms with van der Waals surface area (Å²) in [6.07, 6.45) is 13.3. The van der Waals surface area contributed by atoms with Crippen LogP contribution in [0.15, 0.2) is 12.7 Å². The van der Waals surface area contributed by atoms with E-state index in [9.17, 15) is 9.90 Å². The Balaban J connectivity index is 3.18. The average molecular weight is 314 g/mol. The Morgan fingerprint density at radius 3 is 2.09 bits per heavy atom. The molecule has 0 spiro atoms. The second kappa shape index (κ2) is 16.5. The van der Waals surface area contributed by atoms with Crippen molar-refractivity contribution in [1.82, 2.24) is 0 Å². The summed E-state index contributed by atoms with van der Waals surface area (Å²) < 4.78 is 10.0. The molecule has 0 amide bonds. The predicted molar refractivity (Wildman–Crippen MR) is 89.6 cm³/mol. The van der Waals surface area contributed by atoms with E-state index in [-0.39, 0.29) is 6.61 Å². The van der Waals surface area contributed by atoms with E-state index in [1.807, 2.05) is 0 Å². The molecular weight excluding hydrogens is 280 g/mol. The van der Waals surface area contributed by atoms with Crippen LogP contribution in [0.3, 0.4) is 0 Å². The van der Waals surface area contributed by atoms with Crippen LogP contribution in [0, 0.1) is 0 Å². The zero-order valence-electron chi connectivity index (χ0n) is 14.2. The van der Waals surface area contributed by atoms with Crippen LogP contribution in [-0.2, 0) is 14.3 Å². The lowest BCUT2D eigenvalue weighted by Crippen LogP contribution is -2.16. The number of hydrogen-bond donors (Lipinski definition) is 1. The van der Waals surface area contributed by atoms with Crippen molar-refractivity contribution >= 4 is 5.97 Å². The minimum atomic E-state index is -0.851. The Labute approximate surface area is 135 Å². The molecule has 0 aliphatic heterocycles. The van der Waals surface area contributed by atoms with Gasteiger partial charge in [0.15, 0.2) is 6.29 Å². The summed E-state index contributed by atoms with van der Waals surface area (Å²) in [7, 11) is 0. The second-order valence-electron chi connectivity index (χ2n) is 5.67. The molecule has 4 nitrogen and oxygen atoms in total. The number of aliphatic hydroxyl groups excluding tert-OH is 1. The molecule has 0 bridgehead atoms. The molecule has 1 N–H and O–H groups in total. The monoisotopic (exact) mass is 314 g/mol. The van der Waals surface area contributed by atoms with Gasteiger partial charge in [-0.1, -0.05) is 71.3 Å². The molecule has 1 atom stereocenters. The lowest BCUT2D eigenvalue weighted by atomic mass is 10.1. The SMILES string of the molecule is C=CC(=O)OCCC(O)OCCCCCCCCCCCC. The van der Waals surface area contributed by atoms with Gasteiger partial charge >= 0.3 is 5.97 Å². The molecule has 0 saturated heterocycles. The van der Waals surface area contributed by atoms with E-state index >= 15 is 0 Å². The molecule has 0 aliphatic carbocycles. The number of rotatable bonds is 16. The zero-order valence-corrected chi connectivity index (χ0v) is 14.2. The Morgan fingerprint density at radius 2 is 1.55 bits per heavy atom. The van der Waals surface area contributed by atoms with Gasteiger partial charge in [0.1, 0.15) is 0 Å². The third kappa shape index (κ3) is 15.5. The summed E-state index contributed by atoms with van der Waals surface area (Å²) in [5, 5.41) is 9.54. The maximum Gasteiger partial charge on any atom is 0.330 e. The molecular formula is C18H34O4. The Morgan fingerprint density at radius 1 is 1.00 bits per heavy atom. The first-order valence-corrected chi connectivity index (χ1v) is 8.79. The molecule has 0 rings (SSSR count). The number of ether oxygens (including phenoxy) is 2. The van der Waals surface area contributed by atoms with Crippen molar-refractivity contribution in [3.05, 3.63) is 12.7 Å². The third-order valence-corrected chi connectivity index (χ3v) is 3.58. The van der Waals surface area contributed by atoms with E-state index in [4.69, 9.17) is 9.47 Å². The van der Waals surface area contributed by atoms with Crippen molar-refractivity contribution in [2.75, 3.05) is 13.2 Å². The van der Waals surface area contributed by atoms with Gasteiger partial charge in [-0.05, 0) is 6.42 Å². The number of hydrogen-bond acceptors (Lipinski definition) is 4. The molecule has 0 radical (unpaired) electrons. The molecule has 0 aliphatic rings. The minimum absolute atomic E-state index is 0.157. The van der Waals surface area contributed by atoms with Gasteiger partial charge in [-0.2, -0.15) is 0 Å². The average Bonchev–Trinajstić information content (AvgIpc) is 2.52. The highest BCUT2D eigenvalue weighted by molar-refractivity contribution is 5.81. The van der Waals surface area contributed by atoms with E-state index in [0.717, 1.165) is 18.9 Å². The molecule has 0 saturated carbocycles. The largest absolute Gasteiger partial charge is 0.462 e. The maximum absolute atomic E-state index is 10.8. The number of carbonyl (C=O) groups excluding carboxylic acids is 1. The summed E-state index contributed by atoms with van der Waals surface area (Å²) in [5.41, 5.74) is 0. The van der Waals surface area contributed by atoms with Crippen LogP contribution in [0.25, 0.3) is 0 Å². The van der Waals surface area contributed by atoms with E-state index < -0.39 is 12.3 Å². The summed E-state index contributed by atoms with van der Waals surface area (Å²) >= 11 is 0. The lowest BCUT2D eigenvalue weighted by Gasteiger charge is -2.11. The van der Waals surface area contributed by atoms with Crippen molar-refractivity contribution in [2.24, 2.45) is 0 Å². The molecule has 1 unspecified atom stereocenters. The topological polar surface area (TPSA) is 55.8 Å². The van der Waals surface area contributed by atoms with Crippen LogP contribution in [0.5, 0.6) is 0 Å². The fourth-order valence-corrected chi connectivity index (χ4v) is 2.21. The highest BCUT2D eigenvalue weighted by Crippen LogP contribution is 2.10. The highest BCUT2D eigenvalue weighted by Gasteiger charge is 2.05. The summed E-state index contributed by atoms with van der Waals surface area (Å²) in [6, 6.07) is 0. The summed E-state index contributed by atoms with van der Waals surface area (Å²) in [6.45, 7) is 6.26. The first-order valence-electron chi connectivity index (χ1n) is 8.79. The Hall–Kier alpha value is -0.870. The van der Waals surface area contributed by atoms with Crippen LogP contribution in [-0.4, -0.2) is 30.6 Å². The van der Waals surface area contributed by atoms with E-state index in [0.29, 0.717) is 13.0 Å². The number of unbranched alkanes of at least 4 members (excludes halogenated alkanes) is 9. The van der Waals surface area contributed by atoms with E-state index in [2.05, 4.69) is 13.5 Å². The quantitative estimate of drug-likeness (QED) is 0.199. The lowest BCUT2D eigenvalue weighted by molar-refractivity contribution is -0.143. The van der Waals surface area contributed by atoms with Crippen molar-refractivity contribution in [1.29, 1.82) is 0 Å². The first-order chi connectivity index (χ1) is 10.7. The van der Waals surface area contributed by atoms with Crippen molar-refractivity contribution in [3.63, 3.8) is 0 Å². The van der Waals surface area contributed by atoms with Gasteiger partial charge < -0.3 is 14.6 Å². The fraction of sp³-hybridized carbons (Fsp3) is 0.833. The van der Waals surface area contributed by atoms with Crippen LogP contribution in [0.2, 0.25) is 0 Å². The Kier molecular flexibility index (Phi) is 15.8. The van der Waals surface area contributed by atoms with Crippen molar-refractivity contribution in [2.45, 2.75) is 83.8 Å². The van der Waals surface area contributed by atoms with E-state index in [1.165, 1.54) is 51.4 Å². The molecule has 0 aromatic rings. The van der Waals surface area contributed by atoms with Crippen LogP contribution in [0.1, 0.15) is 77.6 Å². The second-order valence-corrected chi connectivity index (χ2v) is 5.67. The minimum Gasteiger partial charge on any atom is -0.462 e. The molecule has 0 heterocycles. The van der Waals surface area contributed by atoms with Crippen molar-refractivity contribution in [3.8, 4) is 0 Å². The van der Waals surface area contributed by atoms with Gasteiger partial charge in [0, 0.05) is 19.1 Å². The van der Waals surface area contributed by atoms with Gasteiger partial charge in [-0.15, -0.1) is 0 Å². The number of carbonyl (C=O) groups is 1. The van der Waals surface area contributed by atoms with Crippen molar-refractivity contribution < 1.29 is 19.4 Å². The number of esters is 1. The standard InChI is InChI=1S/C18H34O4/c1-3-5-6-7-8-9-10-11-12-13-15-21-18(20)14-16-22-17(19)4-2/h4,18,20H,2-3,5-16H2,1H3. The van der Waals surface area contributed by atoms with Gasteiger partial charge in [-0.25, -0.2) is 4.79 Å². The molecule has 0 fully saturated rings. The smallest absolute Gasteiger partial charge is 0.330 e. The fourth-order valence-electron chi connectivity index (χ4n) is 2.21. The third-order valence-electron chi connectivity index (χ3n) is 3.58.